The van der Waals surface area contributed by atoms with Gasteiger partial charge in [0, 0.05) is 5.56 Å². The fourth-order valence-corrected chi connectivity index (χ4v) is 1.68. The molecule has 1 amide bonds. The van der Waals surface area contributed by atoms with Gasteiger partial charge in [-0.25, -0.2) is 9.82 Å². The van der Waals surface area contributed by atoms with Crippen LogP contribution in [-0.4, -0.2) is 18.7 Å². The largest absolute Gasteiger partial charge is 0.482 e. The van der Waals surface area contributed by atoms with Crippen molar-refractivity contribution in [2.45, 2.75) is 0 Å². The molecule has 1 N–H and O–H groups in total. The van der Waals surface area contributed by atoms with Gasteiger partial charge in [-0.15, -0.1) is 0 Å². The predicted octanol–water partition coefficient (Wildman–Crippen LogP) is 3.01. The van der Waals surface area contributed by atoms with Gasteiger partial charge in [-0.1, -0.05) is 41.9 Å². The zero-order valence-electron chi connectivity index (χ0n) is 10.9. The number of hydrogen-bond donors (Lipinski definition) is 1. The molecule has 0 atom stereocenters. The lowest BCUT2D eigenvalue weighted by Gasteiger charge is -2.06. The van der Waals surface area contributed by atoms with Crippen LogP contribution in [0.1, 0.15) is 5.56 Å². The predicted molar refractivity (Wildman–Crippen MR) is 79.1 cm³/mol. The number of nitrogens with zero attached hydrogens (tertiary/aromatic N) is 1. The number of ether oxygens (including phenoxy) is 1. The van der Waals surface area contributed by atoms with Crippen LogP contribution in [0.25, 0.3) is 0 Å². The quantitative estimate of drug-likeness (QED) is 0.682. The molecule has 0 unspecified atom stereocenters. The molecule has 0 radical (unpaired) electrons. The Labute approximate surface area is 126 Å². The minimum Gasteiger partial charge on any atom is -0.482 e. The number of halogens is 2. The van der Waals surface area contributed by atoms with Crippen molar-refractivity contribution in [2.24, 2.45) is 5.10 Å². The van der Waals surface area contributed by atoms with Gasteiger partial charge in [0.15, 0.2) is 6.61 Å². The summed E-state index contributed by atoms with van der Waals surface area (Å²) in [6.07, 6.45) is 1.22. The highest BCUT2D eigenvalue weighted by molar-refractivity contribution is 6.32. The van der Waals surface area contributed by atoms with E-state index < -0.39 is 11.7 Å². The summed E-state index contributed by atoms with van der Waals surface area (Å²) in [6, 6.07) is 12.9. The standard InChI is InChI=1S/C15H12ClFN2O2/c16-12-6-2-4-8-14(12)21-10-15(20)19-18-9-11-5-1-3-7-13(11)17/h1-9H,10H2,(H,19,20)/b18-9+. The molecular formula is C15H12ClFN2O2. The second-order valence-electron chi connectivity index (χ2n) is 4.03. The lowest BCUT2D eigenvalue weighted by molar-refractivity contribution is -0.123. The van der Waals surface area contributed by atoms with Gasteiger partial charge in [-0.05, 0) is 18.2 Å². The summed E-state index contributed by atoms with van der Waals surface area (Å²) in [5.74, 6) is -0.474. The molecule has 2 rings (SSSR count). The van der Waals surface area contributed by atoms with Gasteiger partial charge in [0.25, 0.3) is 5.91 Å². The molecule has 0 aliphatic rings. The Balaban J connectivity index is 1.83. The van der Waals surface area contributed by atoms with Crippen molar-refractivity contribution in [2.75, 3.05) is 6.61 Å². The fourth-order valence-electron chi connectivity index (χ4n) is 1.49. The lowest BCUT2D eigenvalue weighted by Crippen LogP contribution is -2.24. The number of hydrogen-bond acceptors (Lipinski definition) is 3. The summed E-state index contributed by atoms with van der Waals surface area (Å²) in [4.78, 5) is 11.5. The van der Waals surface area contributed by atoms with Crippen molar-refractivity contribution in [1.82, 2.24) is 5.43 Å². The van der Waals surface area contributed by atoms with Crippen molar-refractivity contribution in [1.29, 1.82) is 0 Å². The molecule has 0 saturated heterocycles. The monoisotopic (exact) mass is 306 g/mol. The zero-order chi connectivity index (χ0) is 15.1. The smallest absolute Gasteiger partial charge is 0.277 e. The van der Waals surface area contributed by atoms with E-state index in [1.54, 1.807) is 42.5 Å². The molecule has 6 heteroatoms. The maximum Gasteiger partial charge on any atom is 0.277 e. The van der Waals surface area contributed by atoms with Crippen molar-refractivity contribution in [3.63, 3.8) is 0 Å². The molecule has 0 aromatic heterocycles. The first kappa shape index (κ1) is 15.0. The van der Waals surface area contributed by atoms with Crippen molar-refractivity contribution in [3.8, 4) is 5.75 Å². The average Bonchev–Trinajstić information content (AvgIpc) is 2.48. The lowest BCUT2D eigenvalue weighted by atomic mass is 10.2. The number of benzene rings is 2. The Bertz CT molecular complexity index is 662. The first-order valence-corrected chi connectivity index (χ1v) is 6.48. The van der Waals surface area contributed by atoms with Crippen molar-refractivity contribution < 1.29 is 13.9 Å². The number of carbonyl (C=O) groups is 1. The Hall–Kier alpha value is -2.40. The van der Waals surface area contributed by atoms with Crippen LogP contribution in [0, 0.1) is 5.82 Å². The number of nitrogens with one attached hydrogen (secondary N) is 1. The SMILES string of the molecule is O=C(COc1ccccc1Cl)N/N=C/c1ccccc1F. The van der Waals surface area contributed by atoms with E-state index in [2.05, 4.69) is 10.5 Å². The molecule has 108 valence electrons. The van der Waals surface area contributed by atoms with E-state index in [0.717, 1.165) is 0 Å². The molecule has 0 spiro atoms. The molecular weight excluding hydrogens is 295 g/mol. The van der Waals surface area contributed by atoms with Gasteiger partial charge in [0.05, 0.1) is 11.2 Å². The molecule has 0 saturated carbocycles. The molecule has 0 aliphatic heterocycles. The summed E-state index contributed by atoms with van der Waals surface area (Å²) in [5.41, 5.74) is 2.53. The first-order chi connectivity index (χ1) is 10.2. The molecule has 0 bridgehead atoms. The third kappa shape index (κ3) is 4.57. The second-order valence-corrected chi connectivity index (χ2v) is 4.44. The van der Waals surface area contributed by atoms with Gasteiger partial charge in [-0.2, -0.15) is 5.10 Å². The highest BCUT2D eigenvalue weighted by Crippen LogP contribution is 2.22. The Morgan fingerprint density at radius 1 is 1.24 bits per heavy atom. The van der Waals surface area contributed by atoms with Crippen LogP contribution in [0.3, 0.4) is 0 Å². The van der Waals surface area contributed by atoms with Gasteiger partial charge in [0.1, 0.15) is 11.6 Å². The highest BCUT2D eigenvalue weighted by Gasteiger charge is 2.04. The topological polar surface area (TPSA) is 50.7 Å². The third-order valence-corrected chi connectivity index (χ3v) is 2.81. The van der Waals surface area contributed by atoms with Crippen LogP contribution in [0.4, 0.5) is 4.39 Å². The summed E-state index contributed by atoms with van der Waals surface area (Å²) in [7, 11) is 0. The zero-order valence-corrected chi connectivity index (χ0v) is 11.7. The van der Waals surface area contributed by atoms with Crippen molar-refractivity contribution >= 4 is 23.7 Å². The Morgan fingerprint density at radius 3 is 2.71 bits per heavy atom. The van der Waals surface area contributed by atoms with Crippen LogP contribution in [-0.2, 0) is 4.79 Å². The average molecular weight is 307 g/mol. The number of hydrazone groups is 1. The van der Waals surface area contributed by atoms with Crippen LogP contribution in [0.15, 0.2) is 53.6 Å². The maximum atomic E-state index is 13.3. The van der Waals surface area contributed by atoms with Gasteiger partial charge in [-0.3, -0.25) is 4.79 Å². The summed E-state index contributed by atoms with van der Waals surface area (Å²) < 4.78 is 18.5. The van der Waals surface area contributed by atoms with Crippen LogP contribution in [0.5, 0.6) is 5.75 Å². The summed E-state index contributed by atoms with van der Waals surface area (Å²) in [6.45, 7) is -0.238. The minimum atomic E-state index is -0.470. The van der Waals surface area contributed by atoms with E-state index in [1.165, 1.54) is 12.3 Å². The maximum absolute atomic E-state index is 13.3. The molecule has 0 fully saturated rings. The minimum absolute atomic E-state index is 0.238. The van der Waals surface area contributed by atoms with Crippen LogP contribution in [0.2, 0.25) is 5.02 Å². The first-order valence-electron chi connectivity index (χ1n) is 6.10. The van der Waals surface area contributed by atoms with E-state index in [0.29, 0.717) is 10.8 Å². The van der Waals surface area contributed by atoms with E-state index in [4.69, 9.17) is 16.3 Å². The number of amides is 1. The van der Waals surface area contributed by atoms with E-state index in [1.807, 2.05) is 0 Å². The van der Waals surface area contributed by atoms with E-state index in [-0.39, 0.29) is 12.2 Å². The molecule has 2 aromatic carbocycles. The fraction of sp³-hybridized carbons (Fsp3) is 0.0667. The number of para-hydroxylation sites is 1. The highest BCUT2D eigenvalue weighted by atomic mass is 35.5. The molecule has 21 heavy (non-hydrogen) atoms. The summed E-state index contributed by atoms with van der Waals surface area (Å²) >= 11 is 5.88. The number of carbonyl (C=O) groups excluding carboxylic acids is 1. The Morgan fingerprint density at radius 2 is 1.95 bits per heavy atom. The molecule has 2 aromatic rings. The van der Waals surface area contributed by atoms with Gasteiger partial charge >= 0.3 is 0 Å². The normalized spacial score (nSPS) is 10.6. The van der Waals surface area contributed by atoms with E-state index in [9.17, 15) is 9.18 Å². The Kier molecular flexibility index (Phi) is 5.29. The number of rotatable bonds is 5. The third-order valence-electron chi connectivity index (χ3n) is 2.49. The molecule has 4 nitrogen and oxygen atoms in total. The van der Waals surface area contributed by atoms with Gasteiger partial charge in [0.2, 0.25) is 0 Å². The van der Waals surface area contributed by atoms with E-state index >= 15 is 0 Å². The second kappa shape index (κ2) is 7.40. The van der Waals surface area contributed by atoms with Gasteiger partial charge < -0.3 is 4.74 Å². The van der Waals surface area contributed by atoms with Crippen LogP contribution >= 0.6 is 11.6 Å². The van der Waals surface area contributed by atoms with Crippen LogP contribution < -0.4 is 10.2 Å². The molecule has 0 aliphatic carbocycles. The van der Waals surface area contributed by atoms with Crippen molar-refractivity contribution in [3.05, 3.63) is 64.9 Å². The molecule has 0 heterocycles. The summed E-state index contributed by atoms with van der Waals surface area (Å²) in [5, 5.41) is 4.08.